The Hall–Kier alpha value is -2.00. The first kappa shape index (κ1) is 10.2. The molecule has 3 rings (SSSR count). The zero-order chi connectivity index (χ0) is 11.5. The van der Waals surface area contributed by atoms with E-state index in [0.717, 1.165) is 10.4 Å². The van der Waals surface area contributed by atoms with E-state index in [1.54, 1.807) is 11.3 Å². The maximum Gasteiger partial charge on any atom is 0.0797 e. The molecule has 0 saturated heterocycles. The summed E-state index contributed by atoms with van der Waals surface area (Å²) in [6.07, 6.45) is 5.61. The predicted molar refractivity (Wildman–Crippen MR) is 70.8 cm³/mol. The van der Waals surface area contributed by atoms with Gasteiger partial charge in [0.25, 0.3) is 0 Å². The summed E-state index contributed by atoms with van der Waals surface area (Å²) in [5.41, 5.74) is 5.39. The van der Waals surface area contributed by atoms with Crippen molar-refractivity contribution in [2.45, 2.75) is 0 Å². The summed E-state index contributed by atoms with van der Waals surface area (Å²) in [6.45, 7) is 0. The van der Waals surface area contributed by atoms with Crippen LogP contribution in [-0.2, 0) is 0 Å². The highest BCUT2D eigenvalue weighted by atomic mass is 32.1. The first-order valence-electron chi connectivity index (χ1n) is 5.33. The molecule has 82 valence electrons. The van der Waals surface area contributed by atoms with Gasteiger partial charge in [-0.15, -0.1) is 11.3 Å². The molecule has 0 spiro atoms. The van der Waals surface area contributed by atoms with Crippen molar-refractivity contribution in [3.05, 3.63) is 60.5 Å². The second-order valence-electron chi connectivity index (χ2n) is 3.65. The Balaban J connectivity index is 2.18. The average Bonchev–Trinajstić information content (AvgIpc) is 2.94. The van der Waals surface area contributed by atoms with Crippen molar-refractivity contribution >= 4 is 11.3 Å². The lowest BCUT2D eigenvalue weighted by molar-refractivity contribution is 1.33. The maximum absolute atomic E-state index is 4.21. The molecule has 0 aliphatic heterocycles. The highest BCUT2D eigenvalue weighted by Crippen LogP contribution is 2.32. The minimum absolute atomic E-state index is 1.14. The molecule has 17 heavy (non-hydrogen) atoms. The van der Waals surface area contributed by atoms with E-state index in [4.69, 9.17) is 0 Å². The van der Waals surface area contributed by atoms with Gasteiger partial charge < -0.3 is 0 Å². The lowest BCUT2D eigenvalue weighted by Gasteiger charge is -2.06. The number of hydrogen-bond acceptors (Lipinski definition) is 3. The van der Waals surface area contributed by atoms with Crippen LogP contribution in [0.4, 0.5) is 0 Å². The minimum atomic E-state index is 1.14. The van der Waals surface area contributed by atoms with Crippen LogP contribution in [0.2, 0.25) is 0 Å². The van der Waals surface area contributed by atoms with Crippen LogP contribution >= 0.6 is 11.3 Å². The second-order valence-corrected chi connectivity index (χ2v) is 4.54. The number of rotatable bonds is 2. The number of hydrogen-bond donors (Lipinski definition) is 0. The first-order chi connectivity index (χ1) is 8.45. The lowest BCUT2D eigenvalue weighted by atomic mass is 10.0. The molecule has 0 bridgehead atoms. The predicted octanol–water partition coefficient (Wildman–Crippen LogP) is 3.87. The molecule has 0 fully saturated rings. The number of pyridine rings is 1. The fourth-order valence-electron chi connectivity index (χ4n) is 1.81. The Kier molecular flexibility index (Phi) is 2.68. The third kappa shape index (κ3) is 1.97. The summed E-state index contributed by atoms with van der Waals surface area (Å²) in [4.78, 5) is 9.48. The molecule has 0 amide bonds. The molecule has 0 aliphatic carbocycles. The molecule has 0 unspecified atom stereocenters. The fraction of sp³-hybridized carbons (Fsp3) is 0. The zero-order valence-corrected chi connectivity index (χ0v) is 9.89. The number of nitrogens with zero attached hydrogens (tertiary/aromatic N) is 2. The van der Waals surface area contributed by atoms with Crippen LogP contribution in [0.3, 0.4) is 0 Å². The van der Waals surface area contributed by atoms with E-state index in [2.05, 4.69) is 22.1 Å². The van der Waals surface area contributed by atoms with Crippen LogP contribution in [0.15, 0.2) is 60.5 Å². The van der Waals surface area contributed by atoms with Crippen LogP contribution in [0.5, 0.6) is 0 Å². The smallest absolute Gasteiger partial charge is 0.0797 e. The summed E-state index contributed by atoms with van der Waals surface area (Å²) >= 11 is 1.63. The Morgan fingerprint density at radius 2 is 1.71 bits per heavy atom. The number of benzene rings is 1. The Bertz CT molecular complexity index is 603. The largest absolute Gasteiger partial charge is 0.264 e. The highest BCUT2D eigenvalue weighted by Gasteiger charge is 2.07. The van der Waals surface area contributed by atoms with Crippen LogP contribution in [0, 0.1) is 0 Å². The highest BCUT2D eigenvalue weighted by molar-refractivity contribution is 7.13. The third-order valence-corrected chi connectivity index (χ3v) is 3.41. The molecule has 0 N–H and O–H groups in total. The monoisotopic (exact) mass is 238 g/mol. The van der Waals surface area contributed by atoms with Gasteiger partial charge in [-0.05, 0) is 17.2 Å². The van der Waals surface area contributed by atoms with E-state index >= 15 is 0 Å². The molecule has 0 saturated carbocycles. The van der Waals surface area contributed by atoms with E-state index in [-0.39, 0.29) is 0 Å². The van der Waals surface area contributed by atoms with Gasteiger partial charge in [0.15, 0.2) is 0 Å². The molecule has 3 aromatic rings. The summed E-state index contributed by atoms with van der Waals surface area (Å²) < 4.78 is 0. The number of thiazole rings is 1. The van der Waals surface area contributed by atoms with Gasteiger partial charge >= 0.3 is 0 Å². The lowest BCUT2D eigenvalue weighted by Crippen LogP contribution is -1.84. The van der Waals surface area contributed by atoms with Gasteiger partial charge in [-0.3, -0.25) is 9.97 Å². The van der Waals surface area contributed by atoms with Gasteiger partial charge in [-0.1, -0.05) is 30.3 Å². The maximum atomic E-state index is 4.21. The van der Waals surface area contributed by atoms with E-state index in [1.807, 2.05) is 48.4 Å². The van der Waals surface area contributed by atoms with Crippen molar-refractivity contribution in [2.24, 2.45) is 0 Å². The molecular formula is C14H10N2S. The second kappa shape index (κ2) is 4.47. The van der Waals surface area contributed by atoms with Crippen molar-refractivity contribution < 1.29 is 0 Å². The minimum Gasteiger partial charge on any atom is -0.264 e. The van der Waals surface area contributed by atoms with E-state index in [1.165, 1.54) is 11.1 Å². The molecule has 2 heterocycles. The summed E-state index contributed by atoms with van der Waals surface area (Å²) in [6, 6.07) is 12.4. The fourth-order valence-corrected chi connectivity index (χ4v) is 2.46. The molecule has 2 nitrogen and oxygen atoms in total. The zero-order valence-electron chi connectivity index (χ0n) is 9.08. The van der Waals surface area contributed by atoms with Gasteiger partial charge in [-0.25, -0.2) is 0 Å². The van der Waals surface area contributed by atoms with Crippen molar-refractivity contribution in [1.29, 1.82) is 0 Å². The molecule has 2 aromatic heterocycles. The van der Waals surface area contributed by atoms with Gasteiger partial charge in [0, 0.05) is 24.2 Å². The summed E-state index contributed by atoms with van der Waals surface area (Å²) in [5.74, 6) is 0. The first-order valence-corrected chi connectivity index (χ1v) is 6.21. The van der Waals surface area contributed by atoms with Crippen LogP contribution in [-0.4, -0.2) is 9.97 Å². The Morgan fingerprint density at radius 3 is 2.47 bits per heavy atom. The van der Waals surface area contributed by atoms with Crippen LogP contribution in [0.25, 0.3) is 21.6 Å². The SMILES string of the molecule is c1ccc(-c2ccncc2-c2cncs2)cc1. The topological polar surface area (TPSA) is 25.8 Å². The third-order valence-electron chi connectivity index (χ3n) is 2.60. The van der Waals surface area contributed by atoms with Crippen LogP contribution in [0.1, 0.15) is 0 Å². The Morgan fingerprint density at radius 1 is 0.824 bits per heavy atom. The molecule has 0 radical (unpaired) electrons. The van der Waals surface area contributed by atoms with Crippen LogP contribution < -0.4 is 0 Å². The van der Waals surface area contributed by atoms with Crippen molar-refractivity contribution in [3.63, 3.8) is 0 Å². The van der Waals surface area contributed by atoms with Gasteiger partial charge in [0.05, 0.1) is 10.4 Å². The van der Waals surface area contributed by atoms with Gasteiger partial charge in [0.1, 0.15) is 0 Å². The molecule has 0 aliphatic rings. The molecule has 0 atom stereocenters. The van der Waals surface area contributed by atoms with Gasteiger partial charge in [0.2, 0.25) is 0 Å². The van der Waals surface area contributed by atoms with E-state index < -0.39 is 0 Å². The van der Waals surface area contributed by atoms with Gasteiger partial charge in [-0.2, -0.15) is 0 Å². The standard InChI is InChI=1S/C14H10N2S/c1-2-4-11(5-3-1)12-6-7-15-8-13(12)14-9-16-10-17-14/h1-10H. The number of aromatic nitrogens is 2. The average molecular weight is 238 g/mol. The molecular weight excluding hydrogens is 228 g/mol. The quantitative estimate of drug-likeness (QED) is 0.677. The summed E-state index contributed by atoms with van der Waals surface area (Å²) in [7, 11) is 0. The van der Waals surface area contributed by atoms with Crippen molar-refractivity contribution in [3.8, 4) is 21.6 Å². The molecule has 3 heteroatoms. The normalized spacial score (nSPS) is 10.4. The van der Waals surface area contributed by atoms with E-state index in [9.17, 15) is 0 Å². The summed E-state index contributed by atoms with van der Waals surface area (Å²) in [5, 5.41) is 0. The van der Waals surface area contributed by atoms with Crippen molar-refractivity contribution in [1.82, 2.24) is 9.97 Å². The van der Waals surface area contributed by atoms with E-state index in [0.29, 0.717) is 0 Å². The molecule has 1 aromatic carbocycles. The Labute approximate surface area is 104 Å². The van der Waals surface area contributed by atoms with Crippen molar-refractivity contribution in [2.75, 3.05) is 0 Å².